The summed E-state index contributed by atoms with van der Waals surface area (Å²) < 4.78 is 6.08. The smallest absolute Gasteiger partial charge is 0.152 e. The van der Waals surface area contributed by atoms with Gasteiger partial charge in [-0.2, -0.15) is 0 Å². The highest BCUT2D eigenvalue weighted by molar-refractivity contribution is 6.48. The molecule has 1 heterocycles. The maximum Gasteiger partial charge on any atom is 0.152 e. The highest BCUT2D eigenvalue weighted by atomic mass is 16.6. The van der Waals surface area contributed by atoms with Crippen molar-refractivity contribution in [2.24, 2.45) is 10.1 Å². The average Bonchev–Trinajstić information content (AvgIpc) is 3.15. The van der Waals surface area contributed by atoms with Crippen LogP contribution < -0.4 is 10.1 Å². The first-order valence-electron chi connectivity index (χ1n) is 8.37. The maximum atomic E-state index is 6.08. The van der Waals surface area contributed by atoms with Crippen LogP contribution in [0.3, 0.4) is 0 Å². The molecule has 2 aromatic carbocycles. The standard InChI is InChI=1S/C20H23N3O2/c1-14-8-9-15(2)18(12-14)25-13-16-6-4-5-7-17(16)19(23-24-3)20-21-10-11-22-20/h4-9,12H,10-11,13H2,1-3H3,(H,21,22)/b23-19+. The highest BCUT2D eigenvalue weighted by Gasteiger charge is 2.19. The zero-order valence-electron chi connectivity index (χ0n) is 14.9. The summed E-state index contributed by atoms with van der Waals surface area (Å²) in [5.74, 6) is 1.66. The fraction of sp³-hybridized carbons (Fsp3) is 0.300. The van der Waals surface area contributed by atoms with E-state index in [1.807, 2.05) is 24.3 Å². The predicted octanol–water partition coefficient (Wildman–Crippen LogP) is 3.23. The van der Waals surface area contributed by atoms with Gasteiger partial charge >= 0.3 is 0 Å². The maximum absolute atomic E-state index is 6.08. The predicted molar refractivity (Wildman–Crippen MR) is 101 cm³/mol. The van der Waals surface area contributed by atoms with E-state index >= 15 is 0 Å². The largest absolute Gasteiger partial charge is 0.489 e. The van der Waals surface area contributed by atoms with Gasteiger partial charge in [0.05, 0.1) is 6.54 Å². The molecule has 0 fully saturated rings. The number of nitrogens with one attached hydrogen (secondary N) is 1. The molecule has 1 N–H and O–H groups in total. The normalized spacial score (nSPS) is 14.0. The molecule has 5 heteroatoms. The molecule has 25 heavy (non-hydrogen) atoms. The van der Waals surface area contributed by atoms with E-state index in [1.165, 1.54) is 5.56 Å². The Morgan fingerprint density at radius 1 is 1.20 bits per heavy atom. The molecule has 1 aliphatic heterocycles. The number of amidine groups is 1. The van der Waals surface area contributed by atoms with Crippen LogP contribution in [0, 0.1) is 13.8 Å². The summed E-state index contributed by atoms with van der Waals surface area (Å²) in [5, 5.41) is 7.45. The Balaban J connectivity index is 1.87. The van der Waals surface area contributed by atoms with E-state index < -0.39 is 0 Å². The lowest BCUT2D eigenvalue weighted by Gasteiger charge is -2.14. The first kappa shape index (κ1) is 17.0. The Morgan fingerprint density at radius 3 is 2.80 bits per heavy atom. The number of benzene rings is 2. The Hall–Kier alpha value is -2.82. The fourth-order valence-corrected chi connectivity index (χ4v) is 2.76. The van der Waals surface area contributed by atoms with Gasteiger partial charge in [-0.3, -0.25) is 4.99 Å². The fourth-order valence-electron chi connectivity index (χ4n) is 2.76. The van der Waals surface area contributed by atoms with Gasteiger partial charge in [-0.15, -0.1) is 0 Å². The molecule has 0 saturated heterocycles. The molecule has 0 amide bonds. The molecule has 0 spiro atoms. The zero-order valence-corrected chi connectivity index (χ0v) is 14.9. The second-order valence-corrected chi connectivity index (χ2v) is 5.99. The minimum absolute atomic E-state index is 0.455. The molecular weight excluding hydrogens is 314 g/mol. The van der Waals surface area contributed by atoms with Gasteiger partial charge in [0.1, 0.15) is 19.5 Å². The lowest BCUT2D eigenvalue weighted by Crippen LogP contribution is -2.29. The van der Waals surface area contributed by atoms with Gasteiger partial charge in [0.15, 0.2) is 11.5 Å². The van der Waals surface area contributed by atoms with Crippen molar-refractivity contribution in [3.05, 3.63) is 64.7 Å². The molecule has 0 atom stereocenters. The molecule has 0 unspecified atom stereocenters. The van der Waals surface area contributed by atoms with Gasteiger partial charge in [0, 0.05) is 12.1 Å². The molecule has 2 aromatic rings. The number of nitrogens with zero attached hydrogens (tertiary/aromatic N) is 2. The quantitative estimate of drug-likeness (QED) is 0.650. The van der Waals surface area contributed by atoms with E-state index in [-0.39, 0.29) is 0 Å². The van der Waals surface area contributed by atoms with Crippen molar-refractivity contribution in [2.75, 3.05) is 20.2 Å². The SMILES string of the molecule is CO/N=C(/C1=NCCN1)c1ccccc1COc1cc(C)ccc1C. The molecule has 5 nitrogen and oxygen atoms in total. The summed E-state index contributed by atoms with van der Waals surface area (Å²) in [6.45, 7) is 6.14. The van der Waals surface area contributed by atoms with E-state index in [4.69, 9.17) is 9.57 Å². The lowest BCUT2D eigenvalue weighted by atomic mass is 10.0. The molecule has 1 aliphatic rings. The first-order valence-corrected chi connectivity index (χ1v) is 8.37. The van der Waals surface area contributed by atoms with Crippen LogP contribution in [0.2, 0.25) is 0 Å². The summed E-state index contributed by atoms with van der Waals surface area (Å²) >= 11 is 0. The Bertz CT molecular complexity index is 812. The number of ether oxygens (including phenoxy) is 1. The summed E-state index contributed by atoms with van der Waals surface area (Å²) in [6, 6.07) is 14.3. The first-order chi connectivity index (χ1) is 12.2. The van der Waals surface area contributed by atoms with Crippen LogP contribution in [0.1, 0.15) is 22.3 Å². The van der Waals surface area contributed by atoms with Crippen molar-refractivity contribution >= 4 is 11.5 Å². The van der Waals surface area contributed by atoms with Crippen LogP contribution in [-0.2, 0) is 11.4 Å². The van der Waals surface area contributed by atoms with Gasteiger partial charge in [-0.1, -0.05) is 41.6 Å². The van der Waals surface area contributed by atoms with Crippen LogP contribution in [0.4, 0.5) is 0 Å². The Labute approximate surface area is 148 Å². The minimum Gasteiger partial charge on any atom is -0.489 e. The van der Waals surface area contributed by atoms with Crippen LogP contribution in [0.15, 0.2) is 52.6 Å². The van der Waals surface area contributed by atoms with Crippen LogP contribution >= 0.6 is 0 Å². The van der Waals surface area contributed by atoms with E-state index in [9.17, 15) is 0 Å². The number of rotatable bonds is 6. The monoisotopic (exact) mass is 337 g/mol. The second-order valence-electron chi connectivity index (χ2n) is 5.99. The van der Waals surface area contributed by atoms with Crippen LogP contribution in [-0.4, -0.2) is 31.7 Å². The third-order valence-corrected chi connectivity index (χ3v) is 4.08. The van der Waals surface area contributed by atoms with Gasteiger partial charge in [-0.05, 0) is 36.6 Å². The van der Waals surface area contributed by atoms with Gasteiger partial charge in [-0.25, -0.2) is 0 Å². The summed E-state index contributed by atoms with van der Waals surface area (Å²) in [4.78, 5) is 9.52. The van der Waals surface area contributed by atoms with Gasteiger partial charge < -0.3 is 14.9 Å². The Kier molecular flexibility index (Phi) is 5.33. The zero-order chi connectivity index (χ0) is 17.6. The van der Waals surface area contributed by atoms with Crippen molar-refractivity contribution in [1.29, 1.82) is 0 Å². The molecular formula is C20H23N3O2. The van der Waals surface area contributed by atoms with Crippen LogP contribution in [0.25, 0.3) is 0 Å². The van der Waals surface area contributed by atoms with Crippen molar-refractivity contribution in [3.63, 3.8) is 0 Å². The Morgan fingerprint density at radius 2 is 2.04 bits per heavy atom. The molecule has 3 rings (SSSR count). The number of aliphatic imine (C=N–C) groups is 1. The molecule has 0 aromatic heterocycles. The summed E-state index contributed by atoms with van der Waals surface area (Å²) in [6.07, 6.45) is 0. The summed E-state index contributed by atoms with van der Waals surface area (Å²) in [5.41, 5.74) is 5.01. The van der Waals surface area contributed by atoms with Gasteiger partial charge in [0.2, 0.25) is 0 Å². The van der Waals surface area contributed by atoms with E-state index in [0.29, 0.717) is 12.3 Å². The van der Waals surface area contributed by atoms with E-state index in [1.54, 1.807) is 7.11 Å². The van der Waals surface area contributed by atoms with E-state index in [0.717, 1.165) is 41.4 Å². The van der Waals surface area contributed by atoms with Crippen molar-refractivity contribution in [1.82, 2.24) is 5.32 Å². The van der Waals surface area contributed by atoms with Crippen molar-refractivity contribution in [2.45, 2.75) is 20.5 Å². The summed E-state index contributed by atoms with van der Waals surface area (Å²) in [7, 11) is 1.55. The highest BCUT2D eigenvalue weighted by Crippen LogP contribution is 2.22. The lowest BCUT2D eigenvalue weighted by molar-refractivity contribution is 0.214. The topological polar surface area (TPSA) is 55.2 Å². The molecule has 0 radical (unpaired) electrons. The minimum atomic E-state index is 0.455. The molecule has 0 bridgehead atoms. The third-order valence-electron chi connectivity index (χ3n) is 4.08. The molecule has 130 valence electrons. The second kappa shape index (κ2) is 7.83. The van der Waals surface area contributed by atoms with Gasteiger partial charge in [0.25, 0.3) is 0 Å². The number of aryl methyl sites for hydroxylation is 2. The number of hydrogen-bond donors (Lipinski definition) is 1. The van der Waals surface area contributed by atoms with Crippen molar-refractivity contribution in [3.8, 4) is 5.75 Å². The number of hydrogen-bond acceptors (Lipinski definition) is 5. The van der Waals surface area contributed by atoms with Crippen molar-refractivity contribution < 1.29 is 9.57 Å². The molecule has 0 aliphatic carbocycles. The molecule has 0 saturated carbocycles. The van der Waals surface area contributed by atoms with Crippen LogP contribution in [0.5, 0.6) is 5.75 Å². The number of oxime groups is 1. The average molecular weight is 337 g/mol. The van der Waals surface area contributed by atoms with E-state index in [2.05, 4.69) is 47.5 Å². The third kappa shape index (κ3) is 3.99.